The number of pyridine rings is 1. The van der Waals surface area contributed by atoms with Crippen LogP contribution >= 0.6 is 11.6 Å². The largest absolute Gasteiger partial charge is 0.481 e. The van der Waals surface area contributed by atoms with Gasteiger partial charge in [-0.15, -0.1) is 0 Å². The molecule has 2 atom stereocenters. The van der Waals surface area contributed by atoms with Crippen molar-refractivity contribution < 1.29 is 14.7 Å². The van der Waals surface area contributed by atoms with Crippen molar-refractivity contribution >= 4 is 29.3 Å². The Kier molecular flexibility index (Phi) is 5.77. The Balaban J connectivity index is 1.22. The minimum Gasteiger partial charge on any atom is -0.481 e. The van der Waals surface area contributed by atoms with Crippen LogP contribution in [0.15, 0.2) is 12.3 Å². The Morgan fingerprint density at radius 1 is 1.21 bits per heavy atom. The van der Waals surface area contributed by atoms with Crippen LogP contribution in [0.3, 0.4) is 0 Å². The monoisotopic (exact) mass is 485 g/mol. The van der Waals surface area contributed by atoms with E-state index in [1.807, 2.05) is 13.8 Å². The van der Waals surface area contributed by atoms with Crippen LogP contribution in [0.1, 0.15) is 51.5 Å². The van der Waals surface area contributed by atoms with Crippen LogP contribution in [0.2, 0.25) is 5.02 Å². The summed E-state index contributed by atoms with van der Waals surface area (Å²) in [7, 11) is 0. The topological polar surface area (TPSA) is 110 Å². The predicted molar refractivity (Wildman–Crippen MR) is 127 cm³/mol. The van der Waals surface area contributed by atoms with Gasteiger partial charge < -0.3 is 15.3 Å². The molecule has 1 saturated heterocycles. The maximum absolute atomic E-state index is 13.5. The highest BCUT2D eigenvalue weighted by Gasteiger charge is 2.59. The predicted octanol–water partition coefficient (Wildman–Crippen LogP) is 2.90. The second-order valence-corrected chi connectivity index (χ2v) is 11.6. The van der Waals surface area contributed by atoms with Gasteiger partial charge in [0.15, 0.2) is 0 Å². The maximum atomic E-state index is 13.5. The number of piperazine rings is 1. The fourth-order valence-corrected chi connectivity index (χ4v) is 7.48. The Bertz CT molecular complexity index is 1030. The highest BCUT2D eigenvalue weighted by Crippen LogP contribution is 2.60. The highest BCUT2D eigenvalue weighted by atomic mass is 35.5. The molecule has 34 heavy (non-hydrogen) atoms. The molecule has 182 valence electrons. The summed E-state index contributed by atoms with van der Waals surface area (Å²) in [4.78, 5) is 34.2. The molecule has 9 heteroatoms. The van der Waals surface area contributed by atoms with E-state index >= 15 is 0 Å². The van der Waals surface area contributed by atoms with E-state index in [0.29, 0.717) is 61.3 Å². The van der Waals surface area contributed by atoms with Gasteiger partial charge in [0.1, 0.15) is 11.9 Å². The Morgan fingerprint density at radius 2 is 1.85 bits per heavy atom. The number of hydrogen-bond acceptors (Lipinski definition) is 6. The number of aromatic nitrogens is 1. The summed E-state index contributed by atoms with van der Waals surface area (Å²) < 4.78 is 0. The van der Waals surface area contributed by atoms with E-state index in [1.165, 1.54) is 6.20 Å². The Morgan fingerprint density at radius 3 is 2.41 bits per heavy atom. The summed E-state index contributed by atoms with van der Waals surface area (Å²) in [5.41, 5.74) is -0.804. The second-order valence-electron chi connectivity index (χ2n) is 11.2. The molecule has 4 aliphatic carbocycles. The molecule has 4 saturated carbocycles. The number of carbonyl (C=O) groups excluding carboxylic acids is 1. The molecule has 0 radical (unpaired) electrons. The summed E-state index contributed by atoms with van der Waals surface area (Å²) in [5, 5.41) is 22.7. The number of anilines is 1. The van der Waals surface area contributed by atoms with Crippen molar-refractivity contribution in [2.24, 2.45) is 23.2 Å². The zero-order valence-corrected chi connectivity index (χ0v) is 20.5. The Labute approximate surface area is 205 Å². The lowest BCUT2D eigenvalue weighted by atomic mass is 9.48. The van der Waals surface area contributed by atoms with Crippen LogP contribution in [-0.4, -0.2) is 64.6 Å². The van der Waals surface area contributed by atoms with E-state index in [-0.39, 0.29) is 23.8 Å². The molecular weight excluding hydrogens is 454 g/mol. The standard InChI is InChI=1S/C25H32ClN5O3/c1-24(2,31-5-3-30(4-6-31)21-19(26)9-16(13-27)14-28-21)22(32)29-20-17-7-15-8-18(20)12-25(10-15,11-17)23(33)34/h9,14-15,17-18,20H,3-8,10-12H2,1-2H3,(H,29,32)(H,33,34). The molecule has 6 rings (SSSR count). The van der Waals surface area contributed by atoms with E-state index in [9.17, 15) is 14.7 Å². The molecule has 1 aromatic rings. The number of amides is 1. The van der Waals surface area contributed by atoms with Gasteiger partial charge in [0, 0.05) is 38.4 Å². The van der Waals surface area contributed by atoms with E-state index in [4.69, 9.17) is 16.9 Å². The molecule has 5 fully saturated rings. The lowest BCUT2D eigenvalue weighted by molar-refractivity contribution is -0.168. The van der Waals surface area contributed by atoms with Crippen molar-refractivity contribution in [1.82, 2.24) is 15.2 Å². The molecular formula is C25H32ClN5O3. The number of carbonyl (C=O) groups is 2. The van der Waals surface area contributed by atoms with Gasteiger partial charge in [-0.2, -0.15) is 5.26 Å². The van der Waals surface area contributed by atoms with Gasteiger partial charge in [-0.3, -0.25) is 14.5 Å². The van der Waals surface area contributed by atoms with Crippen molar-refractivity contribution in [1.29, 1.82) is 5.26 Å². The van der Waals surface area contributed by atoms with Gasteiger partial charge in [-0.1, -0.05) is 11.6 Å². The number of nitrogens with one attached hydrogen (secondary N) is 1. The molecule has 5 aliphatic rings. The van der Waals surface area contributed by atoms with Gasteiger partial charge >= 0.3 is 5.97 Å². The van der Waals surface area contributed by atoms with Gasteiger partial charge in [0.05, 0.1) is 21.5 Å². The third kappa shape index (κ3) is 3.83. The molecule has 1 amide bonds. The first-order chi connectivity index (χ1) is 16.1. The average Bonchev–Trinajstić information content (AvgIpc) is 2.80. The fourth-order valence-electron chi connectivity index (χ4n) is 7.20. The van der Waals surface area contributed by atoms with Crippen molar-refractivity contribution in [2.75, 3.05) is 31.1 Å². The smallest absolute Gasteiger partial charge is 0.309 e. The van der Waals surface area contributed by atoms with Crippen LogP contribution in [0, 0.1) is 34.5 Å². The van der Waals surface area contributed by atoms with Gasteiger partial charge in [-0.25, -0.2) is 4.98 Å². The van der Waals surface area contributed by atoms with E-state index in [1.54, 1.807) is 6.07 Å². The van der Waals surface area contributed by atoms with E-state index in [0.717, 1.165) is 19.3 Å². The molecule has 8 nitrogen and oxygen atoms in total. The number of halogens is 1. The number of aliphatic carboxylic acids is 1. The lowest BCUT2D eigenvalue weighted by Gasteiger charge is -2.58. The first-order valence-electron chi connectivity index (χ1n) is 12.2. The van der Waals surface area contributed by atoms with Crippen LogP contribution in [0.4, 0.5) is 5.82 Å². The molecule has 2 unspecified atom stereocenters. The van der Waals surface area contributed by atoms with Crippen LogP contribution in [0.25, 0.3) is 0 Å². The lowest BCUT2D eigenvalue weighted by Crippen LogP contribution is -2.66. The fraction of sp³-hybridized carbons (Fsp3) is 0.680. The maximum Gasteiger partial charge on any atom is 0.309 e. The normalized spacial score (nSPS) is 32.9. The first kappa shape index (κ1) is 23.4. The molecule has 2 N–H and O–H groups in total. The summed E-state index contributed by atoms with van der Waals surface area (Å²) in [6.07, 6.45) is 5.80. The van der Waals surface area contributed by atoms with Crippen molar-refractivity contribution in [3.8, 4) is 6.07 Å². The second kappa shape index (κ2) is 8.39. The van der Waals surface area contributed by atoms with Crippen molar-refractivity contribution in [2.45, 2.75) is 57.5 Å². The summed E-state index contributed by atoms with van der Waals surface area (Å²) >= 11 is 6.35. The molecule has 4 bridgehead atoms. The number of carboxylic acids is 1. The summed E-state index contributed by atoms with van der Waals surface area (Å²) in [5.74, 6) is 1.07. The first-order valence-corrected chi connectivity index (χ1v) is 12.6. The number of nitriles is 1. The van der Waals surface area contributed by atoms with Crippen molar-refractivity contribution in [3.05, 3.63) is 22.8 Å². The third-order valence-electron chi connectivity index (χ3n) is 8.90. The number of hydrogen-bond donors (Lipinski definition) is 2. The summed E-state index contributed by atoms with van der Waals surface area (Å²) in [6.45, 7) is 6.71. The molecule has 2 heterocycles. The van der Waals surface area contributed by atoms with Crippen LogP contribution in [-0.2, 0) is 9.59 Å². The minimum atomic E-state index is -0.673. The molecule has 1 aliphatic heterocycles. The Hall–Kier alpha value is -2.37. The van der Waals surface area contributed by atoms with Crippen LogP contribution < -0.4 is 10.2 Å². The zero-order chi connectivity index (χ0) is 24.3. The van der Waals surface area contributed by atoms with Gasteiger partial charge in [0.25, 0.3) is 0 Å². The average molecular weight is 486 g/mol. The van der Waals surface area contributed by atoms with Crippen molar-refractivity contribution in [3.63, 3.8) is 0 Å². The van der Waals surface area contributed by atoms with E-state index in [2.05, 4.69) is 26.2 Å². The third-order valence-corrected chi connectivity index (χ3v) is 9.18. The number of rotatable bonds is 5. The quantitative estimate of drug-likeness (QED) is 0.659. The molecule has 1 aromatic heterocycles. The van der Waals surface area contributed by atoms with Gasteiger partial charge in [0.2, 0.25) is 5.91 Å². The SMILES string of the molecule is CC(C)(C(=O)NC1C2CC3CC1CC(C(=O)O)(C3)C2)N1CCN(c2ncc(C#N)cc2Cl)CC1. The van der Waals surface area contributed by atoms with Crippen LogP contribution in [0.5, 0.6) is 0 Å². The number of nitrogens with zero attached hydrogens (tertiary/aromatic N) is 4. The van der Waals surface area contributed by atoms with E-state index < -0.39 is 16.9 Å². The zero-order valence-electron chi connectivity index (χ0n) is 19.8. The molecule has 0 aromatic carbocycles. The molecule has 0 spiro atoms. The highest BCUT2D eigenvalue weighted by molar-refractivity contribution is 6.33. The summed E-state index contributed by atoms with van der Waals surface area (Å²) in [6, 6.07) is 3.76. The number of carboxylic acid groups (broad SMARTS) is 1. The van der Waals surface area contributed by atoms with Gasteiger partial charge in [-0.05, 0) is 69.8 Å². The minimum absolute atomic E-state index is 0.0253.